The van der Waals surface area contributed by atoms with Gasteiger partial charge in [0.1, 0.15) is 6.61 Å². The molecule has 28 heavy (non-hydrogen) atoms. The highest BCUT2D eigenvalue weighted by molar-refractivity contribution is 8.18. The van der Waals surface area contributed by atoms with E-state index in [1.807, 2.05) is 30.3 Å². The monoisotopic (exact) mass is 436 g/mol. The Morgan fingerprint density at radius 2 is 1.93 bits per heavy atom. The molecule has 0 aliphatic carbocycles. The predicted molar refractivity (Wildman–Crippen MR) is 115 cm³/mol. The van der Waals surface area contributed by atoms with Crippen LogP contribution in [-0.2, 0) is 11.4 Å². The van der Waals surface area contributed by atoms with Crippen molar-refractivity contribution in [3.63, 3.8) is 0 Å². The average molecular weight is 437 g/mol. The zero-order valence-electron chi connectivity index (χ0n) is 15.5. The second-order valence-electron chi connectivity index (χ2n) is 5.93. The van der Waals surface area contributed by atoms with Crippen LogP contribution in [0.5, 0.6) is 11.5 Å². The molecule has 146 valence electrons. The Balaban J connectivity index is 1.78. The third-order valence-electron chi connectivity index (χ3n) is 4.06. The molecular weight excluding hydrogens is 419 g/mol. The first-order valence-electron chi connectivity index (χ1n) is 8.32. The number of benzene rings is 2. The summed E-state index contributed by atoms with van der Waals surface area (Å²) >= 11 is 13.3. The van der Waals surface area contributed by atoms with Gasteiger partial charge in [0, 0.05) is 14.1 Å². The zero-order chi connectivity index (χ0) is 20.3. The summed E-state index contributed by atoms with van der Waals surface area (Å²) in [5.74, 6) is 1.08. The molecule has 1 amide bonds. The number of hydrogen-bond acceptors (Lipinski definition) is 5. The SMILES string of the molecule is CN=C1S/C(=C\c2ccc(OCc3ccc(Cl)c(Cl)c3)c(OC)c2)C(=O)N1C. The zero-order valence-corrected chi connectivity index (χ0v) is 17.9. The molecule has 0 N–H and O–H groups in total. The molecule has 0 aromatic heterocycles. The molecule has 0 spiro atoms. The minimum atomic E-state index is -0.0792. The van der Waals surface area contributed by atoms with Crippen LogP contribution in [0.3, 0.4) is 0 Å². The predicted octanol–water partition coefficient (Wildman–Crippen LogP) is 5.11. The van der Waals surface area contributed by atoms with Gasteiger partial charge in [-0.15, -0.1) is 0 Å². The highest BCUT2D eigenvalue weighted by atomic mass is 35.5. The van der Waals surface area contributed by atoms with E-state index in [2.05, 4.69) is 4.99 Å². The molecule has 1 saturated heterocycles. The maximum absolute atomic E-state index is 12.3. The number of likely N-dealkylation sites (N-methyl/N-ethyl adjacent to an activating group) is 1. The van der Waals surface area contributed by atoms with Crippen LogP contribution >= 0.6 is 35.0 Å². The summed E-state index contributed by atoms with van der Waals surface area (Å²) < 4.78 is 11.3. The number of methoxy groups -OCH3 is 1. The van der Waals surface area contributed by atoms with Gasteiger partial charge in [0.25, 0.3) is 5.91 Å². The third-order valence-corrected chi connectivity index (χ3v) is 5.95. The molecule has 5 nitrogen and oxygen atoms in total. The Morgan fingerprint density at radius 3 is 2.57 bits per heavy atom. The van der Waals surface area contributed by atoms with Crippen molar-refractivity contribution < 1.29 is 14.3 Å². The first-order valence-corrected chi connectivity index (χ1v) is 9.89. The van der Waals surface area contributed by atoms with E-state index in [-0.39, 0.29) is 5.91 Å². The number of aliphatic imine (C=N–C) groups is 1. The topological polar surface area (TPSA) is 51.1 Å². The highest BCUT2D eigenvalue weighted by Crippen LogP contribution is 2.34. The van der Waals surface area contributed by atoms with Gasteiger partial charge in [0.2, 0.25) is 0 Å². The van der Waals surface area contributed by atoms with E-state index in [4.69, 9.17) is 32.7 Å². The van der Waals surface area contributed by atoms with E-state index < -0.39 is 0 Å². The second kappa shape index (κ2) is 8.90. The fourth-order valence-corrected chi connectivity index (χ4v) is 3.83. The number of amides is 1. The molecule has 0 bridgehead atoms. The average Bonchev–Trinajstić information content (AvgIpc) is 2.97. The van der Waals surface area contributed by atoms with Crippen molar-refractivity contribution in [2.24, 2.45) is 4.99 Å². The molecule has 1 fully saturated rings. The lowest BCUT2D eigenvalue weighted by Crippen LogP contribution is -2.23. The number of halogens is 2. The van der Waals surface area contributed by atoms with Crippen LogP contribution in [0.4, 0.5) is 0 Å². The highest BCUT2D eigenvalue weighted by Gasteiger charge is 2.29. The van der Waals surface area contributed by atoms with E-state index in [1.54, 1.807) is 33.3 Å². The van der Waals surface area contributed by atoms with Gasteiger partial charge >= 0.3 is 0 Å². The van der Waals surface area contributed by atoms with Crippen LogP contribution in [-0.4, -0.2) is 37.2 Å². The van der Waals surface area contributed by atoms with Crippen molar-refractivity contribution in [3.05, 3.63) is 62.5 Å². The van der Waals surface area contributed by atoms with Gasteiger partial charge in [-0.1, -0.05) is 35.3 Å². The van der Waals surface area contributed by atoms with Crippen molar-refractivity contribution in [1.82, 2.24) is 4.90 Å². The van der Waals surface area contributed by atoms with E-state index in [0.29, 0.717) is 38.2 Å². The lowest BCUT2D eigenvalue weighted by atomic mass is 10.2. The van der Waals surface area contributed by atoms with Crippen LogP contribution in [0.1, 0.15) is 11.1 Å². The van der Waals surface area contributed by atoms with Crippen molar-refractivity contribution in [1.29, 1.82) is 0 Å². The molecule has 0 saturated carbocycles. The molecule has 1 aliphatic heterocycles. The summed E-state index contributed by atoms with van der Waals surface area (Å²) in [5, 5.41) is 1.65. The van der Waals surface area contributed by atoms with Crippen LogP contribution in [0.2, 0.25) is 10.0 Å². The number of rotatable bonds is 5. The molecule has 0 radical (unpaired) electrons. The van der Waals surface area contributed by atoms with Crippen molar-refractivity contribution in [2.45, 2.75) is 6.61 Å². The first-order chi connectivity index (χ1) is 13.4. The van der Waals surface area contributed by atoms with Gasteiger partial charge in [-0.2, -0.15) is 0 Å². The Hall–Kier alpha value is -2.15. The number of hydrogen-bond donors (Lipinski definition) is 0. The van der Waals surface area contributed by atoms with Gasteiger partial charge in [-0.05, 0) is 53.2 Å². The van der Waals surface area contributed by atoms with E-state index in [1.165, 1.54) is 16.7 Å². The fraction of sp³-hybridized carbons (Fsp3) is 0.200. The summed E-state index contributed by atoms with van der Waals surface area (Å²) in [7, 11) is 4.94. The third kappa shape index (κ3) is 4.46. The summed E-state index contributed by atoms with van der Waals surface area (Å²) in [4.78, 5) is 18.5. The summed E-state index contributed by atoms with van der Waals surface area (Å²) in [6.45, 7) is 0.323. The Labute approximate surface area is 177 Å². The van der Waals surface area contributed by atoms with Gasteiger partial charge in [0.15, 0.2) is 16.7 Å². The summed E-state index contributed by atoms with van der Waals surface area (Å²) in [6, 6.07) is 10.9. The van der Waals surface area contributed by atoms with Crippen molar-refractivity contribution in [3.8, 4) is 11.5 Å². The number of carbonyl (C=O) groups excluding carboxylic acids is 1. The largest absolute Gasteiger partial charge is 0.493 e. The maximum atomic E-state index is 12.3. The van der Waals surface area contributed by atoms with E-state index in [0.717, 1.165) is 11.1 Å². The number of ether oxygens (including phenoxy) is 2. The smallest absolute Gasteiger partial charge is 0.266 e. The Kier molecular flexibility index (Phi) is 6.54. The number of thioether (sulfide) groups is 1. The molecule has 2 aromatic carbocycles. The fourth-order valence-electron chi connectivity index (χ4n) is 2.58. The Morgan fingerprint density at radius 1 is 1.14 bits per heavy atom. The molecule has 8 heteroatoms. The van der Waals surface area contributed by atoms with E-state index >= 15 is 0 Å². The lowest BCUT2D eigenvalue weighted by molar-refractivity contribution is -0.121. The molecule has 0 atom stereocenters. The van der Waals surface area contributed by atoms with Gasteiger partial charge in [-0.25, -0.2) is 0 Å². The standard InChI is InChI=1S/C20H18Cl2N2O3S/c1-23-20-24(2)19(25)18(28-20)10-12-5-7-16(17(9-12)26-3)27-11-13-4-6-14(21)15(22)8-13/h4-10H,11H2,1-3H3/b18-10-,23-20?. The first kappa shape index (κ1) is 20.6. The number of nitrogens with zero attached hydrogens (tertiary/aromatic N) is 2. The molecule has 0 unspecified atom stereocenters. The summed E-state index contributed by atoms with van der Waals surface area (Å²) in [5.41, 5.74) is 1.73. The molecular formula is C20H18Cl2N2O3S. The van der Waals surface area contributed by atoms with Crippen LogP contribution < -0.4 is 9.47 Å². The van der Waals surface area contributed by atoms with E-state index in [9.17, 15) is 4.79 Å². The number of carbonyl (C=O) groups is 1. The Bertz CT molecular complexity index is 976. The molecule has 1 heterocycles. The summed E-state index contributed by atoms with van der Waals surface area (Å²) in [6.07, 6.45) is 1.81. The normalized spacial score (nSPS) is 16.9. The minimum absolute atomic E-state index is 0.0792. The van der Waals surface area contributed by atoms with Crippen LogP contribution in [0.15, 0.2) is 46.3 Å². The van der Waals surface area contributed by atoms with Crippen molar-refractivity contribution in [2.75, 3.05) is 21.2 Å². The van der Waals surface area contributed by atoms with Gasteiger partial charge < -0.3 is 9.47 Å². The van der Waals surface area contributed by atoms with Crippen LogP contribution in [0.25, 0.3) is 6.08 Å². The van der Waals surface area contributed by atoms with Crippen molar-refractivity contribution >= 4 is 52.1 Å². The van der Waals surface area contributed by atoms with Crippen LogP contribution in [0, 0.1) is 0 Å². The second-order valence-corrected chi connectivity index (χ2v) is 7.75. The molecule has 1 aliphatic rings. The van der Waals surface area contributed by atoms with Gasteiger partial charge in [-0.3, -0.25) is 14.7 Å². The maximum Gasteiger partial charge on any atom is 0.266 e. The van der Waals surface area contributed by atoms with Gasteiger partial charge in [0.05, 0.1) is 22.1 Å². The quantitative estimate of drug-likeness (QED) is 0.610. The lowest BCUT2D eigenvalue weighted by Gasteiger charge is -2.12. The molecule has 3 rings (SSSR count). The number of amidine groups is 1. The minimum Gasteiger partial charge on any atom is -0.493 e. The molecule has 2 aromatic rings.